The van der Waals surface area contributed by atoms with Crippen LogP contribution in [0, 0.1) is 6.92 Å². The number of hydrogen-bond donors (Lipinski definition) is 1. The number of nitrogens with zero attached hydrogens (tertiary/aromatic N) is 1. The normalized spacial score (nSPS) is 12.4. The quantitative estimate of drug-likeness (QED) is 0.359. The summed E-state index contributed by atoms with van der Waals surface area (Å²) < 4.78 is 17.0. The molecule has 4 aromatic rings. The fraction of sp³-hybridized carbons (Fsp3) is 0.154. The molecule has 0 saturated carbocycles. The lowest BCUT2D eigenvalue weighted by atomic mass is 10.1. The van der Waals surface area contributed by atoms with Crippen molar-refractivity contribution in [3.8, 4) is 23.0 Å². The Morgan fingerprint density at radius 1 is 0.970 bits per heavy atom. The van der Waals surface area contributed by atoms with Crippen molar-refractivity contribution in [2.75, 3.05) is 18.5 Å². The summed E-state index contributed by atoms with van der Waals surface area (Å²) in [5.74, 6) is 3.20. The van der Waals surface area contributed by atoms with E-state index in [4.69, 9.17) is 13.9 Å². The molecule has 0 radical (unpaired) electrons. The predicted molar refractivity (Wildman–Crippen MR) is 128 cm³/mol. The molecule has 0 atom stereocenters. The van der Waals surface area contributed by atoms with E-state index in [-0.39, 0.29) is 5.91 Å². The minimum Gasteiger partial charge on any atom is -0.486 e. The van der Waals surface area contributed by atoms with E-state index in [9.17, 15) is 4.79 Å². The monoisotopic (exact) mass is 458 g/mol. The molecule has 166 valence electrons. The van der Waals surface area contributed by atoms with Gasteiger partial charge in [0.15, 0.2) is 11.5 Å². The summed E-state index contributed by atoms with van der Waals surface area (Å²) in [6, 6.07) is 22.8. The highest BCUT2D eigenvalue weighted by atomic mass is 32.2. The molecular formula is C26H22N2O4S. The van der Waals surface area contributed by atoms with Gasteiger partial charge in [0.05, 0.1) is 5.69 Å². The third-order valence-corrected chi connectivity index (χ3v) is 6.23. The molecule has 1 N–H and O–H groups in total. The van der Waals surface area contributed by atoms with E-state index in [0.717, 1.165) is 22.8 Å². The highest BCUT2D eigenvalue weighted by molar-refractivity contribution is 7.98. The fourth-order valence-corrected chi connectivity index (χ4v) is 4.36. The number of rotatable bonds is 6. The third-order valence-electron chi connectivity index (χ3n) is 5.21. The highest BCUT2D eigenvalue weighted by Crippen LogP contribution is 2.33. The zero-order chi connectivity index (χ0) is 22.6. The van der Waals surface area contributed by atoms with Gasteiger partial charge in [-0.1, -0.05) is 18.2 Å². The van der Waals surface area contributed by atoms with Gasteiger partial charge in [-0.2, -0.15) is 0 Å². The zero-order valence-corrected chi connectivity index (χ0v) is 18.9. The van der Waals surface area contributed by atoms with Crippen molar-refractivity contribution in [3.63, 3.8) is 0 Å². The van der Waals surface area contributed by atoms with Gasteiger partial charge in [0, 0.05) is 33.5 Å². The molecule has 0 saturated heterocycles. The number of carbonyl (C=O) groups excluding carboxylic acids is 1. The molecule has 33 heavy (non-hydrogen) atoms. The Morgan fingerprint density at radius 3 is 2.52 bits per heavy atom. The summed E-state index contributed by atoms with van der Waals surface area (Å²) in [5, 5.41) is 2.90. The van der Waals surface area contributed by atoms with E-state index in [1.165, 1.54) is 4.90 Å². The molecule has 2 heterocycles. The first-order chi connectivity index (χ1) is 16.2. The van der Waals surface area contributed by atoms with Crippen molar-refractivity contribution >= 4 is 23.4 Å². The molecule has 0 bridgehead atoms. The number of aryl methyl sites for hydroxylation is 1. The van der Waals surface area contributed by atoms with Crippen LogP contribution in [0.5, 0.6) is 11.5 Å². The van der Waals surface area contributed by atoms with E-state index in [0.29, 0.717) is 41.9 Å². The summed E-state index contributed by atoms with van der Waals surface area (Å²) in [6.07, 6.45) is 0. The maximum Gasteiger partial charge on any atom is 0.255 e. The zero-order valence-electron chi connectivity index (χ0n) is 18.0. The summed E-state index contributed by atoms with van der Waals surface area (Å²) in [4.78, 5) is 18.5. The van der Waals surface area contributed by atoms with E-state index in [1.54, 1.807) is 42.1 Å². The van der Waals surface area contributed by atoms with Gasteiger partial charge in [-0.15, -0.1) is 11.8 Å². The molecule has 3 aromatic carbocycles. The maximum absolute atomic E-state index is 12.7. The number of ether oxygens (including phenoxy) is 2. The van der Waals surface area contributed by atoms with Crippen molar-refractivity contribution in [3.05, 3.63) is 89.8 Å². The van der Waals surface area contributed by atoms with Crippen LogP contribution >= 0.6 is 11.8 Å². The Kier molecular flexibility index (Phi) is 6.04. The van der Waals surface area contributed by atoms with Crippen LogP contribution in [0.4, 0.5) is 5.69 Å². The predicted octanol–water partition coefficient (Wildman–Crippen LogP) is 5.97. The van der Waals surface area contributed by atoms with E-state index in [1.807, 2.05) is 37.3 Å². The van der Waals surface area contributed by atoms with Gasteiger partial charge in [-0.3, -0.25) is 4.79 Å². The molecule has 1 aliphatic heterocycles. The van der Waals surface area contributed by atoms with Crippen LogP contribution in [0.3, 0.4) is 0 Å². The van der Waals surface area contributed by atoms with Crippen LogP contribution in [0.1, 0.15) is 21.8 Å². The number of hydrogen-bond acceptors (Lipinski definition) is 6. The molecule has 1 aromatic heterocycles. The standard InChI is InChI=1S/C26H22N2O4S/c1-17-22(16-33-21-5-3-2-4-6-21)28-26(32-17)19-9-7-18(8-10-19)25(29)27-20-11-12-23-24(15-20)31-14-13-30-23/h2-12,15H,13-14,16H2,1H3,(H,27,29). The SMILES string of the molecule is Cc1oc(-c2ccc(C(=O)Nc3ccc4c(c3)OCCO4)cc2)nc1CSc1ccccc1. The topological polar surface area (TPSA) is 73.6 Å². The minimum atomic E-state index is -0.207. The second-order valence-electron chi connectivity index (χ2n) is 7.51. The largest absolute Gasteiger partial charge is 0.486 e. The van der Waals surface area contributed by atoms with Gasteiger partial charge in [-0.25, -0.2) is 4.98 Å². The van der Waals surface area contributed by atoms with Gasteiger partial charge in [0.25, 0.3) is 5.91 Å². The third kappa shape index (κ3) is 4.88. The Bertz CT molecular complexity index is 1270. The average molecular weight is 459 g/mol. The van der Waals surface area contributed by atoms with E-state index >= 15 is 0 Å². The molecular weight excluding hydrogens is 436 g/mol. The van der Waals surface area contributed by atoms with Crippen LogP contribution in [0.15, 0.2) is 82.1 Å². The number of amides is 1. The second-order valence-corrected chi connectivity index (χ2v) is 8.56. The molecule has 1 aliphatic rings. The Hall–Kier alpha value is -3.71. The molecule has 0 aliphatic carbocycles. The molecule has 7 heteroatoms. The van der Waals surface area contributed by atoms with Gasteiger partial charge in [0.1, 0.15) is 19.0 Å². The van der Waals surface area contributed by atoms with Gasteiger partial charge < -0.3 is 19.2 Å². The maximum atomic E-state index is 12.7. The van der Waals surface area contributed by atoms with Crippen molar-refractivity contribution < 1.29 is 18.7 Å². The number of oxazole rings is 1. The smallest absolute Gasteiger partial charge is 0.255 e. The molecule has 0 fully saturated rings. The Balaban J connectivity index is 1.25. The number of carbonyl (C=O) groups is 1. The summed E-state index contributed by atoms with van der Waals surface area (Å²) in [6.45, 7) is 2.95. The fourth-order valence-electron chi connectivity index (χ4n) is 3.44. The minimum absolute atomic E-state index is 0.207. The van der Waals surface area contributed by atoms with Gasteiger partial charge >= 0.3 is 0 Å². The number of nitrogens with one attached hydrogen (secondary N) is 1. The molecule has 0 unspecified atom stereocenters. The summed E-state index contributed by atoms with van der Waals surface area (Å²) >= 11 is 1.72. The van der Waals surface area contributed by atoms with Crippen LogP contribution < -0.4 is 14.8 Å². The van der Waals surface area contributed by atoms with Gasteiger partial charge in [0.2, 0.25) is 5.89 Å². The first-order valence-electron chi connectivity index (χ1n) is 10.6. The average Bonchev–Trinajstić information content (AvgIpc) is 3.24. The van der Waals surface area contributed by atoms with Crippen molar-refractivity contribution in [1.29, 1.82) is 0 Å². The van der Waals surface area contributed by atoms with Crippen LogP contribution in [-0.2, 0) is 5.75 Å². The van der Waals surface area contributed by atoms with E-state index < -0.39 is 0 Å². The van der Waals surface area contributed by atoms with Crippen molar-refractivity contribution in [1.82, 2.24) is 4.98 Å². The number of aromatic nitrogens is 1. The van der Waals surface area contributed by atoms with E-state index in [2.05, 4.69) is 22.4 Å². The summed E-state index contributed by atoms with van der Waals surface area (Å²) in [5.41, 5.74) is 2.93. The van der Waals surface area contributed by atoms with Crippen molar-refractivity contribution in [2.24, 2.45) is 0 Å². The Labute approximate surface area is 195 Å². The Morgan fingerprint density at radius 2 is 1.73 bits per heavy atom. The summed E-state index contributed by atoms with van der Waals surface area (Å²) in [7, 11) is 0. The molecule has 0 spiro atoms. The lowest BCUT2D eigenvalue weighted by molar-refractivity contribution is 0.102. The number of anilines is 1. The van der Waals surface area contributed by atoms with Crippen LogP contribution in [-0.4, -0.2) is 24.1 Å². The number of benzene rings is 3. The second kappa shape index (κ2) is 9.42. The molecule has 5 rings (SSSR count). The van der Waals surface area contributed by atoms with Crippen LogP contribution in [0.25, 0.3) is 11.5 Å². The van der Waals surface area contributed by atoms with Crippen LogP contribution in [0.2, 0.25) is 0 Å². The number of fused-ring (bicyclic) bond motifs is 1. The van der Waals surface area contributed by atoms with Gasteiger partial charge in [-0.05, 0) is 55.5 Å². The lowest BCUT2D eigenvalue weighted by Gasteiger charge is -2.19. The first kappa shape index (κ1) is 21.2. The molecule has 1 amide bonds. The van der Waals surface area contributed by atoms with Crippen molar-refractivity contribution in [2.45, 2.75) is 17.6 Å². The number of thioether (sulfide) groups is 1. The first-order valence-corrected chi connectivity index (χ1v) is 11.6. The lowest BCUT2D eigenvalue weighted by Crippen LogP contribution is -2.16. The highest BCUT2D eigenvalue weighted by Gasteiger charge is 2.15. The molecule has 6 nitrogen and oxygen atoms in total.